The third-order valence-corrected chi connectivity index (χ3v) is 2.78. The molecule has 0 aromatic carbocycles. The second-order valence-corrected chi connectivity index (χ2v) is 3.95. The lowest BCUT2D eigenvalue weighted by molar-refractivity contribution is 0.277. The highest BCUT2D eigenvalue weighted by Gasteiger charge is 2.08. The van der Waals surface area contributed by atoms with Crippen molar-refractivity contribution in [1.82, 2.24) is 9.88 Å². The molecule has 2 heteroatoms. The molecular formula is C12H17N2. The molecule has 2 rings (SSSR count). The Morgan fingerprint density at radius 1 is 1.21 bits per heavy atom. The fraction of sp³-hybridized carbons (Fsp3) is 0.583. The van der Waals surface area contributed by atoms with Crippen LogP contribution in [0.4, 0.5) is 0 Å². The van der Waals surface area contributed by atoms with E-state index in [0.29, 0.717) is 0 Å². The molecule has 75 valence electrons. The molecule has 0 unspecified atom stereocenters. The first-order valence-corrected chi connectivity index (χ1v) is 5.48. The fourth-order valence-electron chi connectivity index (χ4n) is 1.98. The van der Waals surface area contributed by atoms with Crippen molar-refractivity contribution >= 4 is 0 Å². The van der Waals surface area contributed by atoms with Crippen LogP contribution in [0, 0.1) is 6.07 Å². The lowest BCUT2D eigenvalue weighted by atomic mass is 10.2. The summed E-state index contributed by atoms with van der Waals surface area (Å²) < 4.78 is 0. The van der Waals surface area contributed by atoms with E-state index in [1.165, 1.54) is 44.3 Å². The maximum absolute atomic E-state index is 3.98. The van der Waals surface area contributed by atoms with Gasteiger partial charge in [-0.05, 0) is 37.6 Å². The Bertz CT molecular complexity index is 250. The quantitative estimate of drug-likeness (QED) is 0.709. The van der Waals surface area contributed by atoms with Gasteiger partial charge in [0.25, 0.3) is 0 Å². The second kappa shape index (κ2) is 5.11. The molecule has 0 bridgehead atoms. The molecule has 0 amide bonds. The summed E-state index contributed by atoms with van der Waals surface area (Å²) in [6, 6.07) is 5.24. The van der Waals surface area contributed by atoms with E-state index in [9.17, 15) is 0 Å². The summed E-state index contributed by atoms with van der Waals surface area (Å²) in [5.41, 5.74) is 1.27. The molecule has 1 aliphatic rings. The van der Waals surface area contributed by atoms with E-state index in [2.05, 4.69) is 22.0 Å². The minimum Gasteiger partial charge on any atom is -0.299 e. The summed E-state index contributed by atoms with van der Waals surface area (Å²) >= 11 is 0. The van der Waals surface area contributed by atoms with Crippen molar-refractivity contribution in [2.24, 2.45) is 0 Å². The van der Waals surface area contributed by atoms with Gasteiger partial charge in [0, 0.05) is 25.0 Å². The van der Waals surface area contributed by atoms with Gasteiger partial charge < -0.3 is 0 Å². The van der Waals surface area contributed by atoms with Gasteiger partial charge in [-0.25, -0.2) is 0 Å². The summed E-state index contributed by atoms with van der Waals surface area (Å²) in [6.45, 7) is 3.54. The first-order chi connectivity index (χ1) is 6.95. The molecule has 2 heterocycles. The van der Waals surface area contributed by atoms with Crippen molar-refractivity contribution < 1.29 is 0 Å². The molecule has 1 aromatic heterocycles. The molecule has 0 aliphatic carbocycles. The van der Waals surface area contributed by atoms with E-state index in [0.717, 1.165) is 6.54 Å². The van der Waals surface area contributed by atoms with Crippen LogP contribution in [0.5, 0.6) is 0 Å². The standard InChI is InChI=1S/C12H17N2/c1-2-4-10-14(9-3-1)11-12-5-7-13-8-6-12/h5,7-8H,1-4,9-11H2. The Hall–Kier alpha value is -0.890. The van der Waals surface area contributed by atoms with Crippen molar-refractivity contribution in [3.05, 3.63) is 30.1 Å². The minimum absolute atomic E-state index is 1.04. The summed E-state index contributed by atoms with van der Waals surface area (Å²) in [7, 11) is 0. The minimum atomic E-state index is 1.04. The smallest absolute Gasteiger partial charge is 0.0350 e. The zero-order chi connectivity index (χ0) is 9.64. The normalized spacial score (nSPS) is 19.1. The third kappa shape index (κ3) is 2.81. The highest BCUT2D eigenvalue weighted by Crippen LogP contribution is 2.12. The summed E-state index contributed by atoms with van der Waals surface area (Å²) in [6.07, 6.45) is 9.11. The van der Waals surface area contributed by atoms with Gasteiger partial charge in [-0.1, -0.05) is 12.8 Å². The van der Waals surface area contributed by atoms with Crippen LogP contribution < -0.4 is 0 Å². The monoisotopic (exact) mass is 189 g/mol. The highest BCUT2D eigenvalue weighted by molar-refractivity contribution is 5.07. The van der Waals surface area contributed by atoms with Crippen LogP contribution in [-0.4, -0.2) is 23.0 Å². The van der Waals surface area contributed by atoms with Crippen LogP contribution >= 0.6 is 0 Å². The Morgan fingerprint density at radius 2 is 2.00 bits per heavy atom. The van der Waals surface area contributed by atoms with Gasteiger partial charge in [0.15, 0.2) is 0 Å². The number of nitrogens with zero attached hydrogens (tertiary/aromatic N) is 2. The zero-order valence-corrected chi connectivity index (χ0v) is 8.58. The van der Waals surface area contributed by atoms with Gasteiger partial charge in [0.1, 0.15) is 0 Å². The lowest BCUT2D eigenvalue weighted by Gasteiger charge is -2.19. The van der Waals surface area contributed by atoms with Gasteiger partial charge in [-0.3, -0.25) is 9.88 Å². The predicted molar refractivity (Wildman–Crippen MR) is 56.8 cm³/mol. The maximum Gasteiger partial charge on any atom is 0.0350 e. The lowest BCUT2D eigenvalue weighted by Crippen LogP contribution is -2.23. The van der Waals surface area contributed by atoms with E-state index < -0.39 is 0 Å². The van der Waals surface area contributed by atoms with Crippen molar-refractivity contribution in [2.75, 3.05) is 13.1 Å². The van der Waals surface area contributed by atoms with Crippen LogP contribution in [0.25, 0.3) is 0 Å². The molecule has 1 aliphatic heterocycles. The van der Waals surface area contributed by atoms with Gasteiger partial charge in [0.2, 0.25) is 0 Å². The highest BCUT2D eigenvalue weighted by atomic mass is 15.1. The molecule has 0 spiro atoms. The Balaban J connectivity index is 1.90. The largest absolute Gasteiger partial charge is 0.299 e. The van der Waals surface area contributed by atoms with Gasteiger partial charge in [-0.15, -0.1) is 0 Å². The van der Waals surface area contributed by atoms with E-state index >= 15 is 0 Å². The SMILES string of the molecule is [c]1cnccc1CN1CCCCCC1. The topological polar surface area (TPSA) is 16.1 Å². The molecule has 0 saturated carbocycles. The molecule has 2 nitrogen and oxygen atoms in total. The summed E-state index contributed by atoms with van der Waals surface area (Å²) in [5, 5.41) is 0. The van der Waals surface area contributed by atoms with Crippen molar-refractivity contribution in [1.29, 1.82) is 0 Å². The zero-order valence-electron chi connectivity index (χ0n) is 8.58. The fourth-order valence-corrected chi connectivity index (χ4v) is 1.98. The van der Waals surface area contributed by atoms with Crippen molar-refractivity contribution in [3.63, 3.8) is 0 Å². The van der Waals surface area contributed by atoms with Crippen LogP contribution in [0.3, 0.4) is 0 Å². The van der Waals surface area contributed by atoms with Gasteiger partial charge in [-0.2, -0.15) is 0 Å². The number of aromatic nitrogens is 1. The number of pyridine rings is 1. The Morgan fingerprint density at radius 3 is 2.64 bits per heavy atom. The Labute approximate surface area is 86.0 Å². The van der Waals surface area contributed by atoms with Crippen molar-refractivity contribution in [3.8, 4) is 0 Å². The van der Waals surface area contributed by atoms with Crippen molar-refractivity contribution in [2.45, 2.75) is 32.2 Å². The molecule has 1 saturated heterocycles. The van der Waals surface area contributed by atoms with Crippen LogP contribution in [-0.2, 0) is 6.54 Å². The van der Waals surface area contributed by atoms with E-state index in [1.807, 2.05) is 6.20 Å². The molecule has 1 aromatic rings. The van der Waals surface area contributed by atoms with Crippen LogP contribution in [0.1, 0.15) is 31.2 Å². The van der Waals surface area contributed by atoms with Crippen LogP contribution in [0.15, 0.2) is 18.5 Å². The first-order valence-electron chi connectivity index (χ1n) is 5.48. The molecular weight excluding hydrogens is 172 g/mol. The maximum atomic E-state index is 3.98. The summed E-state index contributed by atoms with van der Waals surface area (Å²) in [5.74, 6) is 0. The summed E-state index contributed by atoms with van der Waals surface area (Å²) in [4.78, 5) is 6.51. The first kappa shape index (κ1) is 9.66. The third-order valence-electron chi connectivity index (χ3n) is 2.78. The van der Waals surface area contributed by atoms with Gasteiger partial charge >= 0.3 is 0 Å². The molecule has 14 heavy (non-hydrogen) atoms. The van der Waals surface area contributed by atoms with Crippen LogP contribution in [0.2, 0.25) is 0 Å². The van der Waals surface area contributed by atoms with E-state index in [1.54, 1.807) is 6.20 Å². The second-order valence-electron chi connectivity index (χ2n) is 3.95. The molecule has 0 N–H and O–H groups in total. The molecule has 0 atom stereocenters. The number of rotatable bonds is 2. The number of likely N-dealkylation sites (tertiary alicyclic amines) is 1. The van der Waals surface area contributed by atoms with Gasteiger partial charge in [0.05, 0.1) is 0 Å². The Kier molecular flexibility index (Phi) is 3.52. The molecule has 1 radical (unpaired) electrons. The average molecular weight is 189 g/mol. The average Bonchev–Trinajstić information content (AvgIpc) is 2.48. The van der Waals surface area contributed by atoms with E-state index in [-0.39, 0.29) is 0 Å². The number of hydrogen-bond acceptors (Lipinski definition) is 2. The van der Waals surface area contributed by atoms with E-state index in [4.69, 9.17) is 0 Å². The molecule has 1 fully saturated rings. The predicted octanol–water partition coefficient (Wildman–Crippen LogP) is 2.26. The number of hydrogen-bond donors (Lipinski definition) is 0.